The van der Waals surface area contributed by atoms with Crippen molar-refractivity contribution in [3.05, 3.63) is 83.1 Å². The van der Waals surface area contributed by atoms with E-state index < -0.39 is 5.97 Å². The van der Waals surface area contributed by atoms with Gasteiger partial charge in [0.05, 0.1) is 22.9 Å². The zero-order valence-corrected chi connectivity index (χ0v) is 19.9. The summed E-state index contributed by atoms with van der Waals surface area (Å²) >= 11 is 0. The predicted molar refractivity (Wildman–Crippen MR) is 134 cm³/mol. The number of fused-ring (bicyclic) bond motifs is 4. The average molecular weight is 467 g/mol. The molecule has 35 heavy (non-hydrogen) atoms. The fraction of sp³-hybridized carbons (Fsp3) is 0.321. The Hall–Kier alpha value is -3.71. The second kappa shape index (κ2) is 8.82. The number of anilines is 1. The van der Waals surface area contributed by atoms with Gasteiger partial charge < -0.3 is 19.4 Å². The number of carbonyl (C=O) groups is 1. The summed E-state index contributed by atoms with van der Waals surface area (Å²) in [5, 5.41) is 12.6. The van der Waals surface area contributed by atoms with Gasteiger partial charge in [-0.15, -0.1) is 0 Å². The number of pyridine rings is 1. The zero-order chi connectivity index (χ0) is 23.9. The van der Waals surface area contributed by atoms with E-state index in [0.717, 1.165) is 68.2 Å². The molecule has 0 spiro atoms. The molecule has 2 aliphatic rings. The summed E-state index contributed by atoms with van der Waals surface area (Å²) < 4.78 is 1.92. The number of aromatic nitrogens is 3. The van der Waals surface area contributed by atoms with Crippen LogP contribution in [0.2, 0.25) is 0 Å². The highest BCUT2D eigenvalue weighted by molar-refractivity contribution is 5.92. The second-order valence-electron chi connectivity index (χ2n) is 9.49. The van der Waals surface area contributed by atoms with E-state index in [-0.39, 0.29) is 5.69 Å². The minimum Gasteiger partial charge on any atom is -0.543 e. The Morgan fingerprint density at radius 2 is 1.77 bits per heavy atom. The van der Waals surface area contributed by atoms with E-state index in [1.54, 1.807) is 6.33 Å². The summed E-state index contributed by atoms with van der Waals surface area (Å²) in [5.74, 6) is -1.20. The molecule has 0 aliphatic carbocycles. The molecule has 0 radical (unpaired) electrons. The van der Waals surface area contributed by atoms with Crippen molar-refractivity contribution in [3.8, 4) is 5.69 Å². The number of carboxylic acids is 1. The summed E-state index contributed by atoms with van der Waals surface area (Å²) in [7, 11) is 0. The van der Waals surface area contributed by atoms with Crippen LogP contribution in [0.5, 0.6) is 0 Å². The summed E-state index contributed by atoms with van der Waals surface area (Å²) in [4.78, 5) is 25.2. The fourth-order valence-electron chi connectivity index (χ4n) is 5.61. The summed E-state index contributed by atoms with van der Waals surface area (Å²) in [6, 6.07) is 17.0. The maximum absolute atomic E-state index is 11.4. The summed E-state index contributed by atoms with van der Waals surface area (Å²) in [6.45, 7) is 7.13. The Labute approximate surface area is 204 Å². The smallest absolute Gasteiger partial charge is 0.107 e. The molecule has 4 aromatic rings. The lowest BCUT2D eigenvalue weighted by Crippen LogP contribution is -2.47. The zero-order valence-electron chi connectivity index (χ0n) is 19.9. The largest absolute Gasteiger partial charge is 0.543 e. The molecular formula is C28H28N5O2-. The van der Waals surface area contributed by atoms with Crippen molar-refractivity contribution in [2.24, 2.45) is 0 Å². The molecule has 2 aromatic carbocycles. The van der Waals surface area contributed by atoms with E-state index in [9.17, 15) is 9.90 Å². The van der Waals surface area contributed by atoms with Crippen LogP contribution in [0, 0.1) is 6.92 Å². The molecule has 2 aromatic heterocycles. The van der Waals surface area contributed by atoms with E-state index >= 15 is 0 Å². The monoisotopic (exact) mass is 466 g/mol. The van der Waals surface area contributed by atoms with E-state index in [1.807, 2.05) is 11.5 Å². The third-order valence-corrected chi connectivity index (χ3v) is 7.44. The molecule has 0 atom stereocenters. The highest BCUT2D eigenvalue weighted by atomic mass is 16.4. The number of hydrogen-bond donors (Lipinski definition) is 0. The fourth-order valence-corrected chi connectivity index (χ4v) is 5.61. The molecule has 0 unspecified atom stereocenters. The quantitative estimate of drug-likeness (QED) is 0.450. The lowest BCUT2D eigenvalue weighted by Gasteiger charge is -2.36. The molecule has 0 saturated carbocycles. The van der Waals surface area contributed by atoms with Gasteiger partial charge in [0.1, 0.15) is 12.0 Å². The normalized spacial score (nSPS) is 15.7. The number of carboxylic acid groups (broad SMARTS) is 1. The molecule has 178 valence electrons. The number of carbonyl (C=O) groups excluding carboxylic acids is 1. The van der Waals surface area contributed by atoms with Gasteiger partial charge >= 0.3 is 0 Å². The molecule has 2 aliphatic heterocycles. The van der Waals surface area contributed by atoms with Crippen LogP contribution in [0.3, 0.4) is 0 Å². The number of piperazine rings is 1. The van der Waals surface area contributed by atoms with Gasteiger partial charge in [-0.3, -0.25) is 9.88 Å². The van der Waals surface area contributed by atoms with Crippen LogP contribution in [-0.2, 0) is 19.3 Å². The molecule has 7 heteroatoms. The lowest BCUT2D eigenvalue weighted by molar-refractivity contribution is -0.255. The Balaban J connectivity index is 1.13. The molecule has 0 bridgehead atoms. The number of nitrogens with zero attached hydrogens (tertiary/aromatic N) is 5. The first-order chi connectivity index (χ1) is 17.1. The summed E-state index contributed by atoms with van der Waals surface area (Å²) in [6.07, 6.45) is 4.11. The third kappa shape index (κ3) is 3.96. The molecule has 0 amide bonds. The number of hydrogen-bond acceptors (Lipinski definition) is 6. The van der Waals surface area contributed by atoms with Crippen LogP contribution >= 0.6 is 0 Å². The van der Waals surface area contributed by atoms with Gasteiger partial charge in [0.2, 0.25) is 0 Å². The number of rotatable bonds is 5. The Kier molecular flexibility index (Phi) is 5.49. The van der Waals surface area contributed by atoms with Crippen LogP contribution in [0.1, 0.15) is 33.0 Å². The third-order valence-electron chi connectivity index (χ3n) is 7.44. The molecule has 7 nitrogen and oxygen atoms in total. The minimum absolute atomic E-state index is 0.0658. The van der Waals surface area contributed by atoms with Crippen LogP contribution in [0.15, 0.2) is 54.9 Å². The number of imidazole rings is 1. The van der Waals surface area contributed by atoms with Gasteiger partial charge in [-0.1, -0.05) is 18.2 Å². The summed E-state index contributed by atoms with van der Waals surface area (Å²) in [5.41, 5.74) is 7.89. The second-order valence-corrected chi connectivity index (χ2v) is 9.49. The van der Waals surface area contributed by atoms with Crippen LogP contribution < -0.4 is 10.0 Å². The molecule has 4 heterocycles. The van der Waals surface area contributed by atoms with E-state index in [2.05, 4.69) is 63.3 Å². The molecule has 1 saturated heterocycles. The molecular weight excluding hydrogens is 438 g/mol. The maximum atomic E-state index is 11.4. The van der Waals surface area contributed by atoms with Crippen LogP contribution in [0.4, 0.5) is 5.69 Å². The van der Waals surface area contributed by atoms with Crippen molar-refractivity contribution in [1.82, 2.24) is 19.4 Å². The highest BCUT2D eigenvalue weighted by Gasteiger charge is 2.23. The Morgan fingerprint density at radius 3 is 2.60 bits per heavy atom. The van der Waals surface area contributed by atoms with Crippen LogP contribution in [-0.4, -0.2) is 58.1 Å². The van der Waals surface area contributed by atoms with Gasteiger partial charge in [-0.2, -0.15) is 0 Å². The van der Waals surface area contributed by atoms with Gasteiger partial charge in [0, 0.05) is 49.5 Å². The average Bonchev–Trinajstić information content (AvgIpc) is 3.32. The van der Waals surface area contributed by atoms with Crippen molar-refractivity contribution in [2.45, 2.75) is 26.2 Å². The van der Waals surface area contributed by atoms with Crippen molar-refractivity contribution < 1.29 is 9.90 Å². The van der Waals surface area contributed by atoms with Gasteiger partial charge in [0.25, 0.3) is 0 Å². The first-order valence-electron chi connectivity index (χ1n) is 12.3. The van der Waals surface area contributed by atoms with Crippen molar-refractivity contribution >= 4 is 22.6 Å². The maximum Gasteiger partial charge on any atom is 0.107 e. The topological polar surface area (TPSA) is 77.3 Å². The van der Waals surface area contributed by atoms with Gasteiger partial charge in [-0.05, 0) is 67.6 Å². The van der Waals surface area contributed by atoms with E-state index in [4.69, 9.17) is 4.98 Å². The van der Waals surface area contributed by atoms with Gasteiger partial charge in [0.15, 0.2) is 0 Å². The Bertz CT molecular complexity index is 1420. The predicted octanol–water partition coefficient (Wildman–Crippen LogP) is 2.56. The highest BCUT2D eigenvalue weighted by Crippen LogP contribution is 2.30. The SMILES string of the molecule is Cc1ccc2c(N3CCN(CCc4cccc5c4CCc4c(C(=O)[O-])ncn4-5)CC3)cccc2n1. The number of aromatic carboxylic acids is 1. The molecule has 6 rings (SSSR count). The van der Waals surface area contributed by atoms with Crippen molar-refractivity contribution in [2.75, 3.05) is 37.6 Å². The lowest BCUT2D eigenvalue weighted by atomic mass is 9.94. The number of aryl methyl sites for hydroxylation is 1. The molecule has 1 fully saturated rings. The van der Waals surface area contributed by atoms with Crippen molar-refractivity contribution in [3.63, 3.8) is 0 Å². The van der Waals surface area contributed by atoms with Gasteiger partial charge in [-0.25, -0.2) is 4.98 Å². The standard InChI is InChI=1S/C28H29N5O2/c1-19-8-9-22-23(30-19)5-3-6-24(22)32-16-14-31(15-17-32)13-12-20-4-2-7-25-21(20)10-11-26-27(28(34)35)29-18-33(25)26/h2-9,18H,10-17H2,1H3,(H,34,35)/p-1. The first-order valence-corrected chi connectivity index (χ1v) is 12.3. The van der Waals surface area contributed by atoms with Crippen molar-refractivity contribution in [1.29, 1.82) is 0 Å². The first kappa shape index (κ1) is 21.8. The van der Waals surface area contributed by atoms with Crippen LogP contribution in [0.25, 0.3) is 16.6 Å². The molecule has 0 N–H and O–H groups in total. The van der Waals surface area contributed by atoms with E-state index in [1.165, 1.54) is 22.2 Å². The van der Waals surface area contributed by atoms with E-state index in [0.29, 0.717) is 6.42 Å². The Morgan fingerprint density at radius 1 is 0.971 bits per heavy atom. The minimum atomic E-state index is -1.20. The number of benzene rings is 2.